The molecule has 1 unspecified atom stereocenters. The molecule has 2 N–H and O–H groups in total. The Morgan fingerprint density at radius 3 is 2.89 bits per heavy atom. The first-order valence-electron chi connectivity index (χ1n) is 6.27. The highest BCUT2D eigenvalue weighted by Crippen LogP contribution is 2.18. The van der Waals surface area contributed by atoms with Gasteiger partial charge in [-0.25, -0.2) is 4.39 Å². The molecule has 0 amide bonds. The Labute approximate surface area is 108 Å². The van der Waals surface area contributed by atoms with Crippen molar-refractivity contribution in [3.05, 3.63) is 29.6 Å². The molecule has 3 heteroatoms. The molecule has 1 aromatic rings. The van der Waals surface area contributed by atoms with Crippen LogP contribution in [0.5, 0.6) is 5.75 Å². The Bertz CT molecular complexity index is 411. The molecular formula is C15H20FNO. The lowest BCUT2D eigenvalue weighted by Gasteiger charge is -2.11. The summed E-state index contributed by atoms with van der Waals surface area (Å²) in [6.07, 6.45) is 8.12. The first-order chi connectivity index (χ1) is 8.65. The lowest BCUT2D eigenvalue weighted by Crippen LogP contribution is -2.21. The van der Waals surface area contributed by atoms with Gasteiger partial charge in [0.2, 0.25) is 0 Å². The van der Waals surface area contributed by atoms with Crippen LogP contribution in [0.1, 0.15) is 31.7 Å². The fraction of sp³-hybridized carbons (Fsp3) is 0.467. The van der Waals surface area contributed by atoms with Crippen LogP contribution in [0.4, 0.5) is 4.39 Å². The van der Waals surface area contributed by atoms with E-state index < -0.39 is 0 Å². The molecule has 0 aliphatic heterocycles. The summed E-state index contributed by atoms with van der Waals surface area (Å²) < 4.78 is 18.9. The van der Waals surface area contributed by atoms with Crippen molar-refractivity contribution in [1.82, 2.24) is 0 Å². The maximum Gasteiger partial charge on any atom is 0.127 e. The van der Waals surface area contributed by atoms with Crippen molar-refractivity contribution in [1.29, 1.82) is 0 Å². The Morgan fingerprint density at radius 2 is 2.22 bits per heavy atom. The molecule has 18 heavy (non-hydrogen) atoms. The predicted octanol–water partition coefficient (Wildman–Crippen LogP) is 2.90. The van der Waals surface area contributed by atoms with E-state index >= 15 is 0 Å². The number of ether oxygens (including phenoxy) is 1. The molecule has 0 saturated carbocycles. The molecule has 2 nitrogen and oxygen atoms in total. The first-order valence-corrected chi connectivity index (χ1v) is 6.27. The minimum absolute atomic E-state index is 0.0566. The van der Waals surface area contributed by atoms with E-state index in [1.165, 1.54) is 12.1 Å². The molecule has 0 heterocycles. The van der Waals surface area contributed by atoms with Gasteiger partial charge in [0.05, 0.1) is 6.61 Å². The summed E-state index contributed by atoms with van der Waals surface area (Å²) in [7, 11) is 0. The highest BCUT2D eigenvalue weighted by Gasteiger charge is 2.06. The summed E-state index contributed by atoms with van der Waals surface area (Å²) in [6.45, 7) is 2.52. The summed E-state index contributed by atoms with van der Waals surface area (Å²) in [4.78, 5) is 0. The summed E-state index contributed by atoms with van der Waals surface area (Å²) in [5.41, 5.74) is 6.73. The van der Waals surface area contributed by atoms with Gasteiger partial charge in [0, 0.05) is 18.5 Å². The van der Waals surface area contributed by atoms with Gasteiger partial charge in [0.1, 0.15) is 11.6 Å². The fourth-order valence-electron chi connectivity index (χ4n) is 1.63. The predicted molar refractivity (Wildman–Crippen MR) is 71.9 cm³/mol. The number of halogens is 1. The summed E-state index contributed by atoms with van der Waals surface area (Å²) in [5, 5.41) is 0. The van der Waals surface area contributed by atoms with Gasteiger partial charge in [-0.05, 0) is 37.0 Å². The van der Waals surface area contributed by atoms with Gasteiger partial charge in [0.25, 0.3) is 0 Å². The van der Waals surface area contributed by atoms with Gasteiger partial charge in [0.15, 0.2) is 0 Å². The van der Waals surface area contributed by atoms with Crippen LogP contribution in [0.3, 0.4) is 0 Å². The van der Waals surface area contributed by atoms with Crippen molar-refractivity contribution in [2.24, 2.45) is 5.73 Å². The maximum absolute atomic E-state index is 13.4. The van der Waals surface area contributed by atoms with Crippen molar-refractivity contribution in [3.8, 4) is 18.1 Å². The molecule has 0 fully saturated rings. The topological polar surface area (TPSA) is 35.2 Å². The molecule has 1 rings (SSSR count). The van der Waals surface area contributed by atoms with Gasteiger partial charge in [-0.3, -0.25) is 0 Å². The molecule has 0 bridgehead atoms. The van der Waals surface area contributed by atoms with E-state index in [1.54, 1.807) is 0 Å². The molecule has 0 aromatic heterocycles. The van der Waals surface area contributed by atoms with Gasteiger partial charge >= 0.3 is 0 Å². The van der Waals surface area contributed by atoms with Crippen molar-refractivity contribution >= 4 is 0 Å². The normalized spacial score (nSPS) is 11.9. The molecule has 1 aromatic carbocycles. The van der Waals surface area contributed by atoms with Gasteiger partial charge in [-0.1, -0.05) is 6.92 Å². The van der Waals surface area contributed by atoms with E-state index in [-0.39, 0.29) is 11.9 Å². The SMILES string of the molecule is C#CCCCOc1cc(F)cc(CC(N)CC)c1. The first kappa shape index (κ1) is 14.5. The average Bonchev–Trinajstić information content (AvgIpc) is 2.34. The second kappa shape index (κ2) is 7.73. The monoisotopic (exact) mass is 249 g/mol. The van der Waals surface area contributed by atoms with Gasteiger partial charge in [-0.15, -0.1) is 12.3 Å². The molecular weight excluding hydrogens is 229 g/mol. The Kier molecular flexibility index (Phi) is 6.24. The maximum atomic E-state index is 13.4. The van der Waals surface area contributed by atoms with Crippen molar-refractivity contribution in [3.63, 3.8) is 0 Å². The fourth-order valence-corrected chi connectivity index (χ4v) is 1.63. The number of unbranched alkanes of at least 4 members (excludes halogenated alkanes) is 1. The standard InChI is InChI=1S/C15H20FNO/c1-3-5-6-7-18-15-10-12(8-13(16)11-15)9-14(17)4-2/h1,8,10-11,14H,4-7,9,17H2,2H3. The molecule has 0 spiro atoms. The Hall–Kier alpha value is -1.53. The lowest BCUT2D eigenvalue weighted by molar-refractivity contribution is 0.311. The third-order valence-electron chi connectivity index (χ3n) is 2.69. The van der Waals surface area contributed by atoms with Crippen LogP contribution in [0.25, 0.3) is 0 Å². The summed E-state index contributed by atoms with van der Waals surface area (Å²) in [6, 6.07) is 4.79. The number of terminal acetylenes is 1. The Morgan fingerprint density at radius 1 is 1.44 bits per heavy atom. The van der Waals surface area contributed by atoms with Crippen LogP contribution in [-0.2, 0) is 6.42 Å². The van der Waals surface area contributed by atoms with E-state index in [1.807, 2.05) is 13.0 Å². The number of rotatable bonds is 7. The lowest BCUT2D eigenvalue weighted by atomic mass is 10.0. The van der Waals surface area contributed by atoms with Crippen molar-refractivity contribution in [2.45, 2.75) is 38.6 Å². The van der Waals surface area contributed by atoms with Crippen LogP contribution in [0.2, 0.25) is 0 Å². The van der Waals surface area contributed by atoms with Crippen molar-refractivity contribution in [2.75, 3.05) is 6.61 Å². The molecule has 98 valence electrons. The van der Waals surface area contributed by atoms with Crippen LogP contribution in [0, 0.1) is 18.2 Å². The Balaban J connectivity index is 2.60. The van der Waals surface area contributed by atoms with Crippen LogP contribution < -0.4 is 10.5 Å². The third-order valence-corrected chi connectivity index (χ3v) is 2.69. The molecule has 1 atom stereocenters. The smallest absolute Gasteiger partial charge is 0.127 e. The third kappa shape index (κ3) is 5.20. The highest BCUT2D eigenvalue weighted by molar-refractivity contribution is 5.30. The number of hydrogen-bond donors (Lipinski definition) is 1. The van der Waals surface area contributed by atoms with Crippen LogP contribution in [0.15, 0.2) is 18.2 Å². The molecule has 0 radical (unpaired) electrons. The van der Waals surface area contributed by atoms with Crippen LogP contribution in [-0.4, -0.2) is 12.6 Å². The minimum Gasteiger partial charge on any atom is -0.493 e. The molecule has 0 saturated heterocycles. The van der Waals surface area contributed by atoms with E-state index in [0.717, 1.165) is 18.4 Å². The zero-order valence-corrected chi connectivity index (χ0v) is 10.8. The zero-order chi connectivity index (χ0) is 13.4. The summed E-state index contributed by atoms with van der Waals surface area (Å²) >= 11 is 0. The molecule has 0 aliphatic rings. The van der Waals surface area contributed by atoms with E-state index in [2.05, 4.69) is 5.92 Å². The number of nitrogens with two attached hydrogens (primary N) is 1. The second-order valence-corrected chi connectivity index (χ2v) is 4.32. The average molecular weight is 249 g/mol. The number of benzene rings is 1. The second-order valence-electron chi connectivity index (χ2n) is 4.32. The van der Waals surface area contributed by atoms with E-state index in [9.17, 15) is 4.39 Å². The van der Waals surface area contributed by atoms with Gasteiger partial charge in [-0.2, -0.15) is 0 Å². The number of hydrogen-bond acceptors (Lipinski definition) is 2. The highest BCUT2D eigenvalue weighted by atomic mass is 19.1. The largest absolute Gasteiger partial charge is 0.493 e. The van der Waals surface area contributed by atoms with Crippen LogP contribution >= 0.6 is 0 Å². The van der Waals surface area contributed by atoms with Gasteiger partial charge < -0.3 is 10.5 Å². The summed E-state index contributed by atoms with van der Waals surface area (Å²) in [5.74, 6) is 2.80. The minimum atomic E-state index is -0.289. The van der Waals surface area contributed by atoms with Crippen molar-refractivity contribution < 1.29 is 9.13 Å². The zero-order valence-electron chi connectivity index (χ0n) is 10.8. The quantitative estimate of drug-likeness (QED) is 0.595. The van der Waals surface area contributed by atoms with E-state index in [0.29, 0.717) is 25.2 Å². The molecule has 0 aliphatic carbocycles. The van der Waals surface area contributed by atoms with E-state index in [4.69, 9.17) is 16.9 Å².